The standard InChI is InChI=1S/C18H24FNO2/c1-12-9-13(3-7-17(12)19)4-8-18(21)20-14-5-6-15(20)11-16(10-14)22-2/h3,7,9,14-16H,4-6,8,10-11H2,1-2H3. The molecule has 1 aromatic carbocycles. The summed E-state index contributed by atoms with van der Waals surface area (Å²) in [5.41, 5.74) is 1.68. The van der Waals surface area contributed by atoms with Crippen molar-refractivity contribution in [3.8, 4) is 0 Å². The van der Waals surface area contributed by atoms with E-state index in [9.17, 15) is 9.18 Å². The molecule has 1 aromatic rings. The molecule has 0 aliphatic carbocycles. The molecule has 2 saturated heterocycles. The third-order valence-electron chi connectivity index (χ3n) is 5.16. The Bertz CT molecular complexity index is 546. The van der Waals surface area contributed by atoms with E-state index in [-0.39, 0.29) is 11.7 Å². The first-order valence-corrected chi connectivity index (χ1v) is 8.17. The first-order valence-electron chi connectivity index (χ1n) is 8.17. The van der Waals surface area contributed by atoms with Crippen LogP contribution >= 0.6 is 0 Å². The quantitative estimate of drug-likeness (QED) is 0.854. The van der Waals surface area contributed by atoms with Crippen LogP contribution in [0.3, 0.4) is 0 Å². The Labute approximate surface area is 131 Å². The highest BCUT2D eigenvalue weighted by atomic mass is 19.1. The van der Waals surface area contributed by atoms with Crippen molar-refractivity contribution in [2.75, 3.05) is 7.11 Å². The molecule has 22 heavy (non-hydrogen) atoms. The molecule has 2 aliphatic heterocycles. The molecular weight excluding hydrogens is 281 g/mol. The van der Waals surface area contributed by atoms with Crippen LogP contribution in [0.2, 0.25) is 0 Å². The lowest BCUT2D eigenvalue weighted by Crippen LogP contribution is -2.48. The average Bonchev–Trinajstić information content (AvgIpc) is 2.78. The number of nitrogens with zero attached hydrogens (tertiary/aromatic N) is 1. The summed E-state index contributed by atoms with van der Waals surface area (Å²) in [5, 5.41) is 0. The molecule has 0 saturated carbocycles. The monoisotopic (exact) mass is 305 g/mol. The van der Waals surface area contributed by atoms with Crippen molar-refractivity contribution in [2.24, 2.45) is 0 Å². The van der Waals surface area contributed by atoms with Gasteiger partial charge < -0.3 is 9.64 Å². The Balaban J connectivity index is 1.59. The Morgan fingerprint density at radius 1 is 1.32 bits per heavy atom. The van der Waals surface area contributed by atoms with Crippen LogP contribution in [0, 0.1) is 12.7 Å². The predicted molar refractivity (Wildman–Crippen MR) is 83.1 cm³/mol. The van der Waals surface area contributed by atoms with Crippen LogP contribution in [0.15, 0.2) is 18.2 Å². The SMILES string of the molecule is COC1CC2CCC(C1)N2C(=O)CCc1ccc(F)c(C)c1. The van der Waals surface area contributed by atoms with E-state index in [0.717, 1.165) is 31.2 Å². The molecular formula is C18H24FNO2. The molecule has 0 radical (unpaired) electrons. The number of methoxy groups -OCH3 is 1. The normalized spacial score (nSPS) is 27.2. The summed E-state index contributed by atoms with van der Waals surface area (Å²) in [6.45, 7) is 1.76. The Morgan fingerprint density at radius 2 is 2.00 bits per heavy atom. The van der Waals surface area contributed by atoms with Crippen LogP contribution in [-0.4, -0.2) is 36.1 Å². The van der Waals surface area contributed by atoms with Crippen molar-refractivity contribution in [2.45, 2.75) is 63.6 Å². The molecule has 3 nitrogen and oxygen atoms in total. The molecule has 2 unspecified atom stereocenters. The van der Waals surface area contributed by atoms with Gasteiger partial charge in [0, 0.05) is 25.6 Å². The minimum atomic E-state index is -0.185. The molecule has 2 heterocycles. The van der Waals surface area contributed by atoms with Gasteiger partial charge in [-0.3, -0.25) is 4.79 Å². The van der Waals surface area contributed by atoms with Gasteiger partial charge in [0.1, 0.15) is 5.82 Å². The van der Waals surface area contributed by atoms with Crippen LogP contribution in [0.4, 0.5) is 4.39 Å². The second-order valence-electron chi connectivity index (χ2n) is 6.60. The minimum absolute atomic E-state index is 0.185. The zero-order valence-electron chi connectivity index (χ0n) is 13.3. The van der Waals surface area contributed by atoms with Crippen LogP contribution in [0.5, 0.6) is 0 Å². The number of fused-ring (bicyclic) bond motifs is 2. The Hall–Kier alpha value is -1.42. The number of piperidine rings is 1. The molecule has 2 fully saturated rings. The first-order chi connectivity index (χ1) is 10.6. The fourth-order valence-corrected chi connectivity index (χ4v) is 3.97. The number of aryl methyl sites for hydroxylation is 2. The zero-order chi connectivity index (χ0) is 15.7. The number of rotatable bonds is 4. The van der Waals surface area contributed by atoms with Crippen molar-refractivity contribution in [3.63, 3.8) is 0 Å². The van der Waals surface area contributed by atoms with Gasteiger partial charge in [0.25, 0.3) is 0 Å². The van der Waals surface area contributed by atoms with E-state index >= 15 is 0 Å². The van der Waals surface area contributed by atoms with E-state index in [1.165, 1.54) is 6.07 Å². The molecule has 2 bridgehead atoms. The highest BCUT2D eigenvalue weighted by Crippen LogP contribution is 2.37. The summed E-state index contributed by atoms with van der Waals surface area (Å²) < 4.78 is 18.8. The van der Waals surface area contributed by atoms with E-state index in [4.69, 9.17) is 4.74 Å². The third kappa shape index (κ3) is 3.02. The van der Waals surface area contributed by atoms with Crippen molar-refractivity contribution in [1.29, 1.82) is 0 Å². The van der Waals surface area contributed by atoms with Gasteiger partial charge >= 0.3 is 0 Å². The lowest BCUT2D eigenvalue weighted by molar-refractivity contribution is -0.137. The second-order valence-corrected chi connectivity index (χ2v) is 6.60. The maximum Gasteiger partial charge on any atom is 0.223 e. The first kappa shape index (κ1) is 15.5. The van der Waals surface area contributed by atoms with Crippen LogP contribution < -0.4 is 0 Å². The number of ether oxygens (including phenoxy) is 1. The van der Waals surface area contributed by atoms with E-state index in [1.54, 1.807) is 20.1 Å². The molecule has 0 aromatic heterocycles. The largest absolute Gasteiger partial charge is 0.381 e. The molecule has 0 N–H and O–H groups in total. The zero-order valence-corrected chi connectivity index (χ0v) is 13.3. The topological polar surface area (TPSA) is 29.5 Å². The highest BCUT2D eigenvalue weighted by Gasteiger charge is 2.42. The number of hydrogen-bond acceptors (Lipinski definition) is 2. The summed E-state index contributed by atoms with van der Waals surface area (Å²) in [5.74, 6) is 0.0544. The number of benzene rings is 1. The lowest BCUT2D eigenvalue weighted by atomic mass is 9.98. The predicted octanol–water partition coefficient (Wildman–Crippen LogP) is 3.24. The van der Waals surface area contributed by atoms with Gasteiger partial charge in [-0.2, -0.15) is 0 Å². The van der Waals surface area contributed by atoms with Crippen LogP contribution in [0.1, 0.15) is 43.2 Å². The van der Waals surface area contributed by atoms with E-state index in [1.807, 2.05) is 6.07 Å². The van der Waals surface area contributed by atoms with Crippen LogP contribution in [0.25, 0.3) is 0 Å². The average molecular weight is 305 g/mol. The number of amides is 1. The van der Waals surface area contributed by atoms with Crippen molar-refractivity contribution < 1.29 is 13.9 Å². The van der Waals surface area contributed by atoms with E-state index in [2.05, 4.69) is 4.90 Å². The number of carbonyl (C=O) groups is 1. The molecule has 2 aliphatic rings. The van der Waals surface area contributed by atoms with Gasteiger partial charge in [0.05, 0.1) is 6.10 Å². The van der Waals surface area contributed by atoms with Gasteiger partial charge in [-0.1, -0.05) is 12.1 Å². The molecule has 3 rings (SSSR count). The highest BCUT2D eigenvalue weighted by molar-refractivity contribution is 5.77. The van der Waals surface area contributed by atoms with E-state index < -0.39 is 0 Å². The van der Waals surface area contributed by atoms with Crippen molar-refractivity contribution in [3.05, 3.63) is 35.1 Å². The van der Waals surface area contributed by atoms with Gasteiger partial charge in [0.15, 0.2) is 0 Å². The summed E-state index contributed by atoms with van der Waals surface area (Å²) >= 11 is 0. The molecule has 1 amide bonds. The summed E-state index contributed by atoms with van der Waals surface area (Å²) in [6, 6.07) is 5.82. The molecule has 120 valence electrons. The summed E-state index contributed by atoms with van der Waals surface area (Å²) in [7, 11) is 1.76. The third-order valence-corrected chi connectivity index (χ3v) is 5.16. The maximum absolute atomic E-state index is 13.3. The Kier molecular flexibility index (Phi) is 4.48. The van der Waals surface area contributed by atoms with Gasteiger partial charge in [-0.25, -0.2) is 4.39 Å². The summed E-state index contributed by atoms with van der Waals surface area (Å²) in [4.78, 5) is 14.7. The van der Waals surface area contributed by atoms with Crippen LogP contribution in [-0.2, 0) is 16.0 Å². The van der Waals surface area contributed by atoms with Gasteiger partial charge in [0.2, 0.25) is 5.91 Å². The number of hydrogen-bond donors (Lipinski definition) is 0. The van der Waals surface area contributed by atoms with Crippen molar-refractivity contribution >= 4 is 5.91 Å². The minimum Gasteiger partial charge on any atom is -0.381 e. The number of carbonyl (C=O) groups excluding carboxylic acids is 1. The molecule has 2 atom stereocenters. The second kappa shape index (κ2) is 6.37. The Morgan fingerprint density at radius 3 is 2.59 bits per heavy atom. The summed E-state index contributed by atoms with van der Waals surface area (Å²) in [6.07, 6.45) is 5.64. The lowest BCUT2D eigenvalue weighted by Gasteiger charge is -2.38. The van der Waals surface area contributed by atoms with E-state index in [0.29, 0.717) is 36.6 Å². The fraction of sp³-hybridized carbons (Fsp3) is 0.611. The maximum atomic E-state index is 13.3. The van der Waals surface area contributed by atoms with Gasteiger partial charge in [-0.05, 0) is 56.2 Å². The molecule has 0 spiro atoms. The van der Waals surface area contributed by atoms with Gasteiger partial charge in [-0.15, -0.1) is 0 Å². The van der Waals surface area contributed by atoms with Crippen molar-refractivity contribution in [1.82, 2.24) is 4.90 Å². The molecule has 4 heteroatoms. The number of halogens is 1. The smallest absolute Gasteiger partial charge is 0.223 e. The fourth-order valence-electron chi connectivity index (χ4n) is 3.97.